The molecule has 0 atom stereocenters. The van der Waals surface area contributed by atoms with Gasteiger partial charge in [-0.25, -0.2) is 0 Å². The van der Waals surface area contributed by atoms with Crippen LogP contribution >= 0.6 is 0 Å². The molecule has 0 aliphatic carbocycles. The van der Waals surface area contributed by atoms with Crippen LogP contribution in [-0.2, 0) is 10.9 Å². The van der Waals surface area contributed by atoms with Gasteiger partial charge in [-0.15, -0.1) is 0 Å². The van der Waals surface area contributed by atoms with Crippen molar-refractivity contribution >= 4 is 11.4 Å². The number of hydrogen-bond acceptors (Lipinski definition) is 3. The molecule has 1 aliphatic heterocycles. The Hall–Kier alpha value is -1.43. The second-order valence-electron chi connectivity index (χ2n) is 4.73. The van der Waals surface area contributed by atoms with E-state index in [2.05, 4.69) is 0 Å². The normalized spacial score (nSPS) is 17.5. The van der Waals surface area contributed by atoms with E-state index in [-0.39, 0.29) is 17.4 Å². The summed E-state index contributed by atoms with van der Waals surface area (Å²) in [5, 5.41) is 0. The lowest BCUT2D eigenvalue weighted by Gasteiger charge is -2.34. The molecule has 1 saturated heterocycles. The average molecular weight is 274 g/mol. The van der Waals surface area contributed by atoms with Gasteiger partial charge < -0.3 is 15.4 Å². The number of benzene rings is 1. The van der Waals surface area contributed by atoms with Crippen molar-refractivity contribution in [1.29, 1.82) is 0 Å². The molecule has 0 aromatic heterocycles. The summed E-state index contributed by atoms with van der Waals surface area (Å²) in [5.41, 5.74) is 5.08. The molecule has 2 N–H and O–H groups in total. The lowest BCUT2D eigenvalue weighted by molar-refractivity contribution is -0.137. The molecule has 19 heavy (non-hydrogen) atoms. The fraction of sp³-hybridized carbons (Fsp3) is 0.538. The average Bonchev–Trinajstić information content (AvgIpc) is 2.38. The highest BCUT2D eigenvalue weighted by molar-refractivity contribution is 5.61. The third-order valence-corrected chi connectivity index (χ3v) is 3.44. The Bertz CT molecular complexity index is 442. The van der Waals surface area contributed by atoms with E-state index in [9.17, 15) is 13.2 Å². The molecule has 1 heterocycles. The van der Waals surface area contributed by atoms with Crippen molar-refractivity contribution in [3.63, 3.8) is 0 Å². The lowest BCUT2D eigenvalue weighted by Crippen LogP contribution is -2.37. The Morgan fingerprint density at radius 3 is 2.47 bits per heavy atom. The summed E-state index contributed by atoms with van der Waals surface area (Å²) >= 11 is 0. The van der Waals surface area contributed by atoms with E-state index in [1.165, 1.54) is 12.1 Å². The number of rotatable bonds is 2. The van der Waals surface area contributed by atoms with Gasteiger partial charge in [-0.05, 0) is 31.0 Å². The van der Waals surface area contributed by atoms with Crippen LogP contribution in [0.5, 0.6) is 0 Å². The molecule has 1 aromatic carbocycles. The van der Waals surface area contributed by atoms with Gasteiger partial charge in [-0.1, -0.05) is 0 Å². The van der Waals surface area contributed by atoms with Gasteiger partial charge >= 0.3 is 6.18 Å². The molecule has 0 saturated carbocycles. The number of alkyl halides is 3. The smallest absolute Gasteiger partial charge is 0.399 e. The SMILES string of the molecule is CN(c1ccc(N)cc1C(F)(F)F)C1CCOCC1. The number of nitrogen functional groups attached to an aromatic ring is 1. The molecule has 1 aromatic rings. The van der Waals surface area contributed by atoms with Crippen LogP contribution in [0.25, 0.3) is 0 Å². The van der Waals surface area contributed by atoms with Crippen molar-refractivity contribution in [2.45, 2.75) is 25.1 Å². The van der Waals surface area contributed by atoms with E-state index in [4.69, 9.17) is 10.5 Å². The Balaban J connectivity index is 2.32. The zero-order valence-electron chi connectivity index (χ0n) is 10.7. The first-order valence-corrected chi connectivity index (χ1v) is 6.17. The number of nitrogens with zero attached hydrogens (tertiary/aromatic N) is 1. The van der Waals surface area contributed by atoms with Crippen LogP contribution < -0.4 is 10.6 Å². The van der Waals surface area contributed by atoms with Gasteiger partial charge in [-0.2, -0.15) is 13.2 Å². The predicted octanol–water partition coefficient (Wildman–Crippen LogP) is 2.90. The minimum absolute atomic E-state index is 0.0680. The summed E-state index contributed by atoms with van der Waals surface area (Å²) in [4.78, 5) is 1.69. The first kappa shape index (κ1) is 14.0. The van der Waals surface area contributed by atoms with Gasteiger partial charge in [-0.3, -0.25) is 0 Å². The zero-order valence-corrected chi connectivity index (χ0v) is 10.7. The molecule has 1 fully saturated rings. The van der Waals surface area contributed by atoms with Crippen LogP contribution in [0.4, 0.5) is 24.5 Å². The molecule has 0 unspecified atom stereocenters. The summed E-state index contributed by atoms with van der Waals surface area (Å²) in [7, 11) is 1.69. The highest BCUT2D eigenvalue weighted by Crippen LogP contribution is 2.38. The zero-order chi connectivity index (χ0) is 14.0. The van der Waals surface area contributed by atoms with E-state index in [0.717, 1.165) is 18.9 Å². The van der Waals surface area contributed by atoms with Crippen molar-refractivity contribution in [2.75, 3.05) is 30.9 Å². The van der Waals surface area contributed by atoms with E-state index in [1.807, 2.05) is 0 Å². The standard InChI is InChI=1S/C13H17F3N2O/c1-18(10-4-6-19-7-5-10)12-3-2-9(17)8-11(12)13(14,15)16/h2-3,8,10H,4-7,17H2,1H3. The first-order valence-electron chi connectivity index (χ1n) is 6.17. The third kappa shape index (κ3) is 3.12. The molecule has 106 valence electrons. The molecule has 0 amide bonds. The Morgan fingerprint density at radius 2 is 1.89 bits per heavy atom. The van der Waals surface area contributed by atoms with Crippen LogP contribution in [0, 0.1) is 0 Å². The molecule has 2 rings (SSSR count). The Morgan fingerprint density at radius 1 is 1.26 bits per heavy atom. The number of anilines is 2. The summed E-state index contributed by atoms with van der Waals surface area (Å²) in [6.45, 7) is 1.18. The summed E-state index contributed by atoms with van der Waals surface area (Å²) in [5.74, 6) is 0. The topological polar surface area (TPSA) is 38.5 Å². The molecule has 6 heteroatoms. The minimum atomic E-state index is -4.40. The maximum absolute atomic E-state index is 13.0. The largest absolute Gasteiger partial charge is 0.418 e. The summed E-state index contributed by atoms with van der Waals surface area (Å²) < 4.78 is 44.4. The summed E-state index contributed by atoms with van der Waals surface area (Å²) in [6.07, 6.45) is -2.93. The lowest BCUT2D eigenvalue weighted by atomic mass is 10.0. The maximum atomic E-state index is 13.0. The number of nitrogens with two attached hydrogens (primary N) is 1. The number of halogens is 3. The van der Waals surface area contributed by atoms with E-state index < -0.39 is 11.7 Å². The summed E-state index contributed by atoms with van der Waals surface area (Å²) in [6, 6.07) is 4.00. The van der Waals surface area contributed by atoms with Crippen LogP contribution in [-0.4, -0.2) is 26.3 Å². The van der Waals surface area contributed by atoms with E-state index in [1.54, 1.807) is 11.9 Å². The van der Waals surface area contributed by atoms with Crippen molar-refractivity contribution < 1.29 is 17.9 Å². The second kappa shape index (κ2) is 5.28. The van der Waals surface area contributed by atoms with Crippen LogP contribution in [0.2, 0.25) is 0 Å². The van der Waals surface area contributed by atoms with Crippen LogP contribution in [0.15, 0.2) is 18.2 Å². The van der Waals surface area contributed by atoms with Gasteiger partial charge in [0.05, 0.1) is 5.56 Å². The van der Waals surface area contributed by atoms with Gasteiger partial charge in [0.25, 0.3) is 0 Å². The fourth-order valence-electron chi connectivity index (χ4n) is 2.36. The molecule has 3 nitrogen and oxygen atoms in total. The molecular weight excluding hydrogens is 257 g/mol. The first-order chi connectivity index (χ1) is 8.89. The molecule has 0 spiro atoms. The number of ether oxygens (including phenoxy) is 1. The minimum Gasteiger partial charge on any atom is -0.399 e. The van der Waals surface area contributed by atoms with Gasteiger partial charge in [0.15, 0.2) is 0 Å². The van der Waals surface area contributed by atoms with Gasteiger partial charge in [0.1, 0.15) is 0 Å². The van der Waals surface area contributed by atoms with Gasteiger partial charge in [0.2, 0.25) is 0 Å². The second-order valence-corrected chi connectivity index (χ2v) is 4.73. The highest BCUT2D eigenvalue weighted by Gasteiger charge is 2.35. The quantitative estimate of drug-likeness (QED) is 0.843. The monoisotopic (exact) mass is 274 g/mol. The highest BCUT2D eigenvalue weighted by atomic mass is 19.4. The van der Waals surface area contributed by atoms with Crippen LogP contribution in [0.3, 0.4) is 0 Å². The van der Waals surface area contributed by atoms with Crippen LogP contribution in [0.1, 0.15) is 18.4 Å². The molecule has 0 bridgehead atoms. The van der Waals surface area contributed by atoms with Gasteiger partial charge in [0, 0.05) is 37.7 Å². The van der Waals surface area contributed by atoms with Crippen molar-refractivity contribution in [3.8, 4) is 0 Å². The van der Waals surface area contributed by atoms with Crippen molar-refractivity contribution in [1.82, 2.24) is 0 Å². The predicted molar refractivity (Wildman–Crippen MR) is 68.1 cm³/mol. The Kier molecular flexibility index (Phi) is 3.89. The maximum Gasteiger partial charge on any atom is 0.418 e. The molecule has 1 aliphatic rings. The van der Waals surface area contributed by atoms with Crippen molar-refractivity contribution in [3.05, 3.63) is 23.8 Å². The third-order valence-electron chi connectivity index (χ3n) is 3.44. The molecular formula is C13H17F3N2O. The molecule has 0 radical (unpaired) electrons. The van der Waals surface area contributed by atoms with Crippen molar-refractivity contribution in [2.24, 2.45) is 0 Å². The van der Waals surface area contributed by atoms with E-state index in [0.29, 0.717) is 13.2 Å². The number of hydrogen-bond donors (Lipinski definition) is 1. The van der Waals surface area contributed by atoms with E-state index >= 15 is 0 Å². The Labute approximate surface area is 110 Å². The fourth-order valence-corrected chi connectivity index (χ4v) is 2.36.